The minimum Gasteiger partial charge on any atom is -0.295 e. The number of hydrogen-bond donors (Lipinski definition) is 0. The molecule has 1 aromatic rings. The van der Waals surface area contributed by atoms with E-state index < -0.39 is 0 Å². The van der Waals surface area contributed by atoms with E-state index in [4.69, 9.17) is 0 Å². The van der Waals surface area contributed by atoms with Crippen molar-refractivity contribution in [1.29, 1.82) is 0 Å². The van der Waals surface area contributed by atoms with Gasteiger partial charge in [0.1, 0.15) is 0 Å². The van der Waals surface area contributed by atoms with E-state index in [0.29, 0.717) is 13.1 Å². The molecule has 130 valence electrons. The van der Waals surface area contributed by atoms with Crippen LogP contribution in [0.4, 0.5) is 0 Å². The summed E-state index contributed by atoms with van der Waals surface area (Å²) in [7, 11) is 1.95. The molecular weight excluding hydrogens is 294 g/mol. The molecule has 0 unspecified atom stereocenters. The first kappa shape index (κ1) is 20.2. The van der Waals surface area contributed by atoms with Crippen LogP contribution in [0.5, 0.6) is 0 Å². The van der Waals surface area contributed by atoms with E-state index in [2.05, 4.69) is 65.5 Å². The zero-order valence-corrected chi connectivity index (χ0v) is 16.2. The molecule has 0 fully saturated rings. The first-order valence-electron chi connectivity index (χ1n) is 8.49. The quantitative estimate of drug-likeness (QED) is 0.577. The predicted molar refractivity (Wildman–Crippen MR) is 103 cm³/mol. The second-order valence-corrected chi connectivity index (χ2v) is 8.37. The number of allylic oxidation sites excluding steroid dienone is 1. The fourth-order valence-corrected chi connectivity index (χ4v) is 2.11. The second-order valence-electron chi connectivity index (χ2n) is 8.37. The van der Waals surface area contributed by atoms with Crippen molar-refractivity contribution in [3.05, 3.63) is 47.5 Å². The van der Waals surface area contributed by atoms with Crippen LogP contribution in [0.25, 0.3) is 0 Å². The lowest BCUT2D eigenvalue weighted by Gasteiger charge is -2.19. The van der Waals surface area contributed by atoms with Crippen molar-refractivity contribution in [2.45, 2.75) is 47.0 Å². The third-order valence-corrected chi connectivity index (χ3v) is 3.55. The Bertz CT molecular complexity index is 628. The van der Waals surface area contributed by atoms with Gasteiger partial charge in [-0.15, -0.1) is 0 Å². The van der Waals surface area contributed by atoms with Gasteiger partial charge in [0.2, 0.25) is 0 Å². The summed E-state index contributed by atoms with van der Waals surface area (Å²) in [6.07, 6.45) is 3.86. The molecular formula is C22H31NO. The molecule has 0 aliphatic rings. The summed E-state index contributed by atoms with van der Waals surface area (Å²) in [6.45, 7) is 13.9. The number of Topliss-reactive ketones (excluding diaryl/α,β-unsaturated/α-hetero) is 1. The Hall–Kier alpha value is -1.85. The van der Waals surface area contributed by atoms with Gasteiger partial charge in [0.25, 0.3) is 0 Å². The largest absolute Gasteiger partial charge is 0.295 e. The van der Waals surface area contributed by atoms with Crippen LogP contribution in [0.3, 0.4) is 0 Å². The average Bonchev–Trinajstić information content (AvgIpc) is 2.44. The first-order valence-corrected chi connectivity index (χ1v) is 8.49. The molecule has 1 rings (SSSR count). The minimum atomic E-state index is 0.0193. The van der Waals surface area contributed by atoms with Crippen LogP contribution in [-0.4, -0.2) is 30.8 Å². The third kappa shape index (κ3) is 7.62. The molecule has 0 heterocycles. The van der Waals surface area contributed by atoms with Crippen molar-refractivity contribution < 1.29 is 4.79 Å². The van der Waals surface area contributed by atoms with E-state index in [1.165, 1.54) is 5.56 Å². The van der Waals surface area contributed by atoms with Crippen molar-refractivity contribution in [1.82, 2.24) is 4.90 Å². The molecule has 2 nitrogen and oxygen atoms in total. The highest BCUT2D eigenvalue weighted by atomic mass is 16.1. The first-order chi connectivity index (χ1) is 11.0. The van der Waals surface area contributed by atoms with Crippen LogP contribution in [0.2, 0.25) is 0 Å². The number of carbonyl (C=O) groups excluding carboxylic acids is 1. The van der Waals surface area contributed by atoms with Crippen LogP contribution < -0.4 is 0 Å². The lowest BCUT2D eigenvalue weighted by molar-refractivity contribution is 0.0952. The molecule has 0 saturated heterocycles. The fourth-order valence-electron chi connectivity index (χ4n) is 2.11. The number of carbonyl (C=O) groups is 1. The Balaban J connectivity index is 2.55. The van der Waals surface area contributed by atoms with Crippen LogP contribution >= 0.6 is 0 Å². The molecule has 0 amide bonds. The number of hydrogen-bond acceptors (Lipinski definition) is 2. The Morgan fingerprint density at radius 1 is 1.08 bits per heavy atom. The van der Waals surface area contributed by atoms with Gasteiger partial charge in [0.15, 0.2) is 5.78 Å². The molecule has 24 heavy (non-hydrogen) atoms. The summed E-state index contributed by atoms with van der Waals surface area (Å²) in [4.78, 5) is 14.3. The molecule has 0 aromatic heterocycles. The van der Waals surface area contributed by atoms with Crippen LogP contribution in [0.15, 0.2) is 36.4 Å². The maximum absolute atomic E-state index is 12.3. The minimum absolute atomic E-state index is 0.0193. The van der Waals surface area contributed by atoms with Gasteiger partial charge in [-0.25, -0.2) is 0 Å². The topological polar surface area (TPSA) is 20.3 Å². The van der Waals surface area contributed by atoms with Gasteiger partial charge in [-0.2, -0.15) is 0 Å². The van der Waals surface area contributed by atoms with E-state index in [0.717, 1.165) is 5.56 Å². The van der Waals surface area contributed by atoms with E-state index >= 15 is 0 Å². The van der Waals surface area contributed by atoms with E-state index in [9.17, 15) is 4.79 Å². The number of ketones is 1. The predicted octanol–water partition coefficient (Wildman–Crippen LogP) is 4.70. The number of nitrogens with zero attached hydrogens (tertiary/aromatic N) is 1. The molecule has 0 radical (unpaired) electrons. The Kier molecular flexibility index (Phi) is 6.99. The Morgan fingerprint density at radius 2 is 1.67 bits per heavy atom. The normalized spacial score (nSPS) is 12.3. The highest BCUT2D eigenvalue weighted by Crippen LogP contribution is 2.22. The van der Waals surface area contributed by atoms with Crippen LogP contribution in [0, 0.1) is 17.3 Å². The molecule has 0 atom stereocenters. The van der Waals surface area contributed by atoms with Crippen molar-refractivity contribution in [3.8, 4) is 11.8 Å². The zero-order valence-electron chi connectivity index (χ0n) is 16.2. The van der Waals surface area contributed by atoms with E-state index in [-0.39, 0.29) is 16.6 Å². The maximum Gasteiger partial charge on any atom is 0.176 e. The maximum atomic E-state index is 12.3. The summed E-state index contributed by atoms with van der Waals surface area (Å²) in [5, 5.41) is 0. The highest BCUT2D eigenvalue weighted by Gasteiger charge is 2.14. The number of rotatable bonds is 5. The monoisotopic (exact) mass is 325 g/mol. The van der Waals surface area contributed by atoms with Crippen LogP contribution in [0.1, 0.15) is 57.5 Å². The molecule has 0 bridgehead atoms. The Morgan fingerprint density at radius 3 is 2.17 bits per heavy atom. The van der Waals surface area contributed by atoms with E-state index in [1.807, 2.05) is 36.2 Å². The van der Waals surface area contributed by atoms with Crippen molar-refractivity contribution in [3.63, 3.8) is 0 Å². The lowest BCUT2D eigenvalue weighted by atomic mass is 9.86. The van der Waals surface area contributed by atoms with Gasteiger partial charge in [0, 0.05) is 17.5 Å². The lowest BCUT2D eigenvalue weighted by Crippen LogP contribution is -2.26. The van der Waals surface area contributed by atoms with E-state index in [1.54, 1.807) is 0 Å². The molecule has 2 heteroatoms. The van der Waals surface area contributed by atoms with Gasteiger partial charge >= 0.3 is 0 Å². The summed E-state index contributed by atoms with van der Waals surface area (Å²) >= 11 is 0. The third-order valence-electron chi connectivity index (χ3n) is 3.55. The van der Waals surface area contributed by atoms with Crippen molar-refractivity contribution in [2.75, 3.05) is 20.1 Å². The average molecular weight is 325 g/mol. The summed E-state index contributed by atoms with van der Waals surface area (Å²) in [5.41, 5.74) is 2.14. The van der Waals surface area contributed by atoms with Crippen molar-refractivity contribution >= 4 is 5.78 Å². The van der Waals surface area contributed by atoms with Gasteiger partial charge in [-0.1, -0.05) is 63.0 Å². The molecule has 0 N–H and O–H groups in total. The molecule has 0 aliphatic heterocycles. The molecule has 0 spiro atoms. The zero-order chi connectivity index (χ0) is 18.4. The van der Waals surface area contributed by atoms with Gasteiger partial charge in [-0.05, 0) is 44.9 Å². The van der Waals surface area contributed by atoms with Gasteiger partial charge in [-0.3, -0.25) is 9.69 Å². The van der Waals surface area contributed by atoms with Crippen molar-refractivity contribution in [2.24, 2.45) is 5.41 Å². The number of likely N-dealkylation sites (N-methyl/N-ethyl adjacent to an activating group) is 1. The second kappa shape index (κ2) is 8.31. The molecule has 0 saturated carbocycles. The fraction of sp³-hybridized carbons (Fsp3) is 0.500. The number of benzene rings is 1. The summed E-state index contributed by atoms with van der Waals surface area (Å²) in [5.74, 6) is 6.35. The molecule has 0 aliphatic carbocycles. The summed E-state index contributed by atoms with van der Waals surface area (Å²) < 4.78 is 0. The SMILES string of the molecule is CN(CC=CC#CC(C)(C)C)CC(=O)c1ccc(C(C)(C)C)cc1. The Labute approximate surface area is 148 Å². The molecule has 1 aromatic carbocycles. The smallest absolute Gasteiger partial charge is 0.176 e. The van der Waals surface area contributed by atoms with Crippen LogP contribution in [-0.2, 0) is 5.41 Å². The standard InChI is InChI=1S/C22H31NO/c1-21(2,3)15-9-8-10-16-23(7)17-20(24)18-11-13-19(14-12-18)22(4,5)6/h8,10-14H,16-17H2,1-7H3. The summed E-state index contributed by atoms with van der Waals surface area (Å²) in [6, 6.07) is 7.97. The van der Waals surface area contributed by atoms with Gasteiger partial charge < -0.3 is 0 Å². The van der Waals surface area contributed by atoms with Gasteiger partial charge in [0.05, 0.1) is 6.54 Å². The highest BCUT2D eigenvalue weighted by molar-refractivity contribution is 5.97.